The molecule has 0 bridgehead atoms. The Labute approximate surface area is 151 Å². The summed E-state index contributed by atoms with van der Waals surface area (Å²) in [7, 11) is 3.79. The quantitative estimate of drug-likeness (QED) is 0.763. The van der Waals surface area contributed by atoms with E-state index in [-0.39, 0.29) is 12.3 Å². The third kappa shape index (κ3) is 4.03. The normalized spacial score (nSPS) is 14.0. The fourth-order valence-electron chi connectivity index (χ4n) is 2.69. The fraction of sp³-hybridized carbons (Fsp3) is 0.412. The van der Waals surface area contributed by atoms with Crippen LogP contribution in [0.1, 0.15) is 11.4 Å². The van der Waals surface area contributed by atoms with Gasteiger partial charge >= 0.3 is 0 Å². The third-order valence-electron chi connectivity index (χ3n) is 4.22. The zero-order valence-corrected chi connectivity index (χ0v) is 14.8. The van der Waals surface area contributed by atoms with Crippen LogP contribution in [0.5, 0.6) is 0 Å². The van der Waals surface area contributed by atoms with Crippen molar-refractivity contribution in [2.45, 2.75) is 6.42 Å². The summed E-state index contributed by atoms with van der Waals surface area (Å²) < 4.78 is 0. The molecule has 0 saturated carbocycles. The van der Waals surface area contributed by atoms with Crippen LogP contribution < -0.4 is 9.80 Å². The van der Waals surface area contributed by atoms with Gasteiger partial charge < -0.3 is 14.7 Å². The monoisotopic (exact) mass is 352 g/mol. The van der Waals surface area contributed by atoms with E-state index in [1.54, 1.807) is 12.1 Å². The third-order valence-corrected chi connectivity index (χ3v) is 4.22. The first-order valence-electron chi connectivity index (χ1n) is 8.33. The van der Waals surface area contributed by atoms with E-state index >= 15 is 0 Å². The zero-order chi connectivity index (χ0) is 18.5. The number of hydrogen-bond donors (Lipinski definition) is 0. The van der Waals surface area contributed by atoms with Crippen LogP contribution in [0.3, 0.4) is 0 Å². The number of amides is 1. The second-order valence-electron chi connectivity index (χ2n) is 6.21. The molecule has 0 N–H and O–H groups in total. The SMILES string of the molecule is CN(C)c1ccc(CC(=O)N2CCN(c3ccc(C#N)nn3)CC2)nn1. The van der Waals surface area contributed by atoms with Gasteiger partial charge in [0.15, 0.2) is 17.3 Å². The van der Waals surface area contributed by atoms with Crippen molar-refractivity contribution in [3.8, 4) is 6.07 Å². The molecule has 1 aliphatic rings. The largest absolute Gasteiger partial charge is 0.361 e. The Balaban J connectivity index is 1.53. The summed E-state index contributed by atoms with van der Waals surface area (Å²) in [5.41, 5.74) is 0.963. The van der Waals surface area contributed by atoms with E-state index in [4.69, 9.17) is 5.26 Å². The topological polar surface area (TPSA) is 102 Å². The lowest BCUT2D eigenvalue weighted by Crippen LogP contribution is -2.49. The molecule has 1 fully saturated rings. The van der Waals surface area contributed by atoms with Crippen molar-refractivity contribution in [2.24, 2.45) is 0 Å². The van der Waals surface area contributed by atoms with E-state index < -0.39 is 0 Å². The Bertz CT molecular complexity index is 789. The van der Waals surface area contributed by atoms with Crippen molar-refractivity contribution in [3.05, 3.63) is 35.7 Å². The van der Waals surface area contributed by atoms with Crippen molar-refractivity contribution < 1.29 is 4.79 Å². The average molecular weight is 352 g/mol. The van der Waals surface area contributed by atoms with Gasteiger partial charge in [0, 0.05) is 40.3 Å². The summed E-state index contributed by atoms with van der Waals surface area (Å²) >= 11 is 0. The van der Waals surface area contributed by atoms with Crippen LogP contribution in [-0.2, 0) is 11.2 Å². The number of rotatable bonds is 4. The lowest BCUT2D eigenvalue weighted by atomic mass is 10.2. The highest BCUT2D eigenvalue weighted by Crippen LogP contribution is 2.14. The Morgan fingerprint density at radius 3 is 2.38 bits per heavy atom. The molecule has 3 rings (SSSR count). The molecule has 1 aliphatic heterocycles. The van der Waals surface area contributed by atoms with Gasteiger partial charge in [-0.1, -0.05) is 0 Å². The van der Waals surface area contributed by atoms with E-state index in [2.05, 4.69) is 25.3 Å². The number of nitriles is 1. The maximum Gasteiger partial charge on any atom is 0.228 e. The lowest BCUT2D eigenvalue weighted by Gasteiger charge is -2.35. The zero-order valence-electron chi connectivity index (χ0n) is 14.8. The first kappa shape index (κ1) is 17.5. The number of carbonyl (C=O) groups is 1. The van der Waals surface area contributed by atoms with Gasteiger partial charge in [0.05, 0.1) is 12.1 Å². The van der Waals surface area contributed by atoms with Crippen LogP contribution in [0.15, 0.2) is 24.3 Å². The number of nitrogens with zero attached hydrogens (tertiary/aromatic N) is 8. The summed E-state index contributed by atoms with van der Waals surface area (Å²) in [5.74, 6) is 1.53. The predicted molar refractivity (Wildman–Crippen MR) is 95.6 cm³/mol. The molecule has 2 aromatic heterocycles. The minimum Gasteiger partial charge on any atom is -0.361 e. The molecule has 0 unspecified atom stereocenters. The van der Waals surface area contributed by atoms with Gasteiger partial charge in [0.1, 0.15) is 6.07 Å². The lowest BCUT2D eigenvalue weighted by molar-refractivity contribution is -0.130. The van der Waals surface area contributed by atoms with Gasteiger partial charge in [0.25, 0.3) is 0 Å². The molecule has 0 aliphatic carbocycles. The molecular weight excluding hydrogens is 332 g/mol. The van der Waals surface area contributed by atoms with E-state index in [0.717, 1.165) is 11.6 Å². The molecule has 134 valence electrons. The van der Waals surface area contributed by atoms with Crippen LogP contribution in [0.2, 0.25) is 0 Å². The van der Waals surface area contributed by atoms with Gasteiger partial charge in [-0.25, -0.2) is 0 Å². The number of hydrogen-bond acceptors (Lipinski definition) is 8. The molecule has 9 heteroatoms. The Kier molecular flexibility index (Phi) is 5.22. The summed E-state index contributed by atoms with van der Waals surface area (Å²) in [6.45, 7) is 2.59. The number of piperazine rings is 1. The summed E-state index contributed by atoms with van der Waals surface area (Å²) in [6, 6.07) is 9.08. The van der Waals surface area contributed by atoms with Crippen LogP contribution in [0, 0.1) is 11.3 Å². The molecular formula is C17H20N8O. The maximum atomic E-state index is 12.5. The van der Waals surface area contributed by atoms with E-state index in [1.165, 1.54) is 0 Å². The predicted octanol–water partition coefficient (Wildman–Crippen LogP) is 0.0956. The van der Waals surface area contributed by atoms with E-state index in [0.29, 0.717) is 37.6 Å². The number of aromatic nitrogens is 4. The van der Waals surface area contributed by atoms with Crippen LogP contribution >= 0.6 is 0 Å². The van der Waals surface area contributed by atoms with Gasteiger partial charge in [-0.2, -0.15) is 10.4 Å². The van der Waals surface area contributed by atoms with Crippen LogP contribution in [0.25, 0.3) is 0 Å². The Morgan fingerprint density at radius 1 is 1.08 bits per heavy atom. The van der Waals surface area contributed by atoms with Gasteiger partial charge in [-0.3, -0.25) is 4.79 Å². The summed E-state index contributed by atoms with van der Waals surface area (Å²) in [5, 5.41) is 24.9. The van der Waals surface area contributed by atoms with Gasteiger partial charge in [-0.15, -0.1) is 15.3 Å². The van der Waals surface area contributed by atoms with Crippen molar-refractivity contribution in [1.82, 2.24) is 25.3 Å². The van der Waals surface area contributed by atoms with Crippen molar-refractivity contribution in [2.75, 3.05) is 50.1 Å². The fourth-order valence-corrected chi connectivity index (χ4v) is 2.69. The molecule has 0 aromatic carbocycles. The number of carbonyl (C=O) groups excluding carboxylic acids is 1. The Hall–Kier alpha value is -3.28. The highest BCUT2D eigenvalue weighted by Gasteiger charge is 2.22. The van der Waals surface area contributed by atoms with Crippen molar-refractivity contribution >= 4 is 17.5 Å². The maximum absolute atomic E-state index is 12.5. The molecule has 0 atom stereocenters. The average Bonchev–Trinajstić information content (AvgIpc) is 2.68. The first-order chi connectivity index (χ1) is 12.6. The molecule has 3 heterocycles. The molecule has 2 aromatic rings. The molecule has 1 amide bonds. The summed E-state index contributed by atoms with van der Waals surface area (Å²) in [6.07, 6.45) is 0.247. The Morgan fingerprint density at radius 2 is 1.85 bits per heavy atom. The summed E-state index contributed by atoms with van der Waals surface area (Å²) in [4.78, 5) is 18.2. The molecule has 26 heavy (non-hydrogen) atoms. The smallest absolute Gasteiger partial charge is 0.228 e. The molecule has 0 radical (unpaired) electrons. The second kappa shape index (κ2) is 7.74. The van der Waals surface area contributed by atoms with E-state index in [9.17, 15) is 4.79 Å². The molecule has 9 nitrogen and oxygen atoms in total. The highest BCUT2D eigenvalue weighted by atomic mass is 16.2. The molecule has 1 saturated heterocycles. The highest BCUT2D eigenvalue weighted by molar-refractivity contribution is 5.78. The standard InChI is InChI=1S/C17H20N8O/c1-23(2)15-5-3-13(19-21-15)11-17(26)25-9-7-24(8-10-25)16-6-4-14(12-18)20-22-16/h3-6H,7-11H2,1-2H3. The van der Waals surface area contributed by atoms with Crippen LogP contribution in [-0.4, -0.2) is 71.5 Å². The van der Waals surface area contributed by atoms with E-state index in [1.807, 2.05) is 42.1 Å². The minimum absolute atomic E-state index is 0.0439. The minimum atomic E-state index is 0.0439. The van der Waals surface area contributed by atoms with Gasteiger partial charge in [-0.05, 0) is 24.3 Å². The van der Waals surface area contributed by atoms with Crippen molar-refractivity contribution in [3.63, 3.8) is 0 Å². The molecule has 0 spiro atoms. The first-order valence-corrected chi connectivity index (χ1v) is 8.33. The van der Waals surface area contributed by atoms with Crippen molar-refractivity contribution in [1.29, 1.82) is 5.26 Å². The van der Waals surface area contributed by atoms with Crippen LogP contribution in [0.4, 0.5) is 11.6 Å². The number of anilines is 2. The van der Waals surface area contributed by atoms with Gasteiger partial charge in [0.2, 0.25) is 5.91 Å². The second-order valence-corrected chi connectivity index (χ2v) is 6.21.